The highest BCUT2D eigenvalue weighted by molar-refractivity contribution is 5.78. The van der Waals surface area contributed by atoms with Crippen molar-refractivity contribution in [2.24, 2.45) is 11.7 Å². The molecule has 0 spiro atoms. The van der Waals surface area contributed by atoms with Crippen molar-refractivity contribution in [3.8, 4) is 11.3 Å². The first-order valence-electron chi connectivity index (χ1n) is 9.09. The van der Waals surface area contributed by atoms with Crippen LogP contribution in [0.15, 0.2) is 36.4 Å². The van der Waals surface area contributed by atoms with Crippen LogP contribution in [0.1, 0.15) is 38.8 Å². The lowest BCUT2D eigenvalue weighted by Gasteiger charge is -2.23. The largest absolute Gasteiger partial charge is 0.345 e. The van der Waals surface area contributed by atoms with Crippen molar-refractivity contribution in [3.63, 3.8) is 0 Å². The van der Waals surface area contributed by atoms with Gasteiger partial charge in [0.05, 0.1) is 11.6 Å². The second-order valence-electron chi connectivity index (χ2n) is 6.86. The van der Waals surface area contributed by atoms with Crippen molar-refractivity contribution in [1.82, 2.24) is 15.1 Å². The molecule has 3 N–H and O–H groups in total. The smallest absolute Gasteiger partial charge is 0.226 e. The fourth-order valence-electron chi connectivity index (χ4n) is 2.77. The minimum Gasteiger partial charge on any atom is -0.345 e. The molecular weight excluding hydrogens is 312 g/mol. The minimum absolute atomic E-state index is 0.103. The third-order valence-electron chi connectivity index (χ3n) is 4.69. The minimum atomic E-state index is -0.119. The lowest BCUT2D eigenvalue weighted by atomic mass is 10.0. The van der Waals surface area contributed by atoms with E-state index in [1.54, 1.807) is 4.90 Å². The Morgan fingerprint density at radius 2 is 1.92 bits per heavy atom. The predicted octanol–water partition coefficient (Wildman–Crippen LogP) is 3.23. The van der Waals surface area contributed by atoms with Crippen LogP contribution in [0, 0.1) is 5.92 Å². The van der Waals surface area contributed by atoms with E-state index in [1.165, 1.54) is 0 Å². The Hall–Kier alpha value is -2.14. The quantitative estimate of drug-likeness (QED) is 0.687. The number of carbonyl (C=O) groups excluding carboxylic acids is 1. The number of aromatic amines is 1. The van der Waals surface area contributed by atoms with Crippen LogP contribution in [-0.4, -0.2) is 40.6 Å². The van der Waals surface area contributed by atoms with E-state index in [1.807, 2.05) is 39.1 Å². The number of hydrogen-bond acceptors (Lipinski definition) is 3. The fourth-order valence-corrected chi connectivity index (χ4v) is 2.77. The molecule has 2 atom stereocenters. The van der Waals surface area contributed by atoms with Crippen molar-refractivity contribution >= 4 is 5.91 Å². The molecule has 1 aromatic heterocycles. The number of nitrogens with zero attached hydrogens (tertiary/aromatic N) is 2. The number of nitrogens with one attached hydrogen (secondary N) is 1. The number of H-pyrrole nitrogens is 1. The van der Waals surface area contributed by atoms with Gasteiger partial charge in [-0.3, -0.25) is 9.89 Å². The number of unbranched alkanes of at least 4 members (excludes halogenated alkanes) is 2. The number of hydrogen-bond donors (Lipinski definition) is 2. The van der Waals surface area contributed by atoms with Crippen LogP contribution in [0.5, 0.6) is 0 Å². The molecule has 0 saturated heterocycles. The summed E-state index contributed by atoms with van der Waals surface area (Å²) in [6.07, 6.45) is 4.16. The van der Waals surface area contributed by atoms with E-state index in [4.69, 9.17) is 5.73 Å². The molecule has 0 aliphatic heterocycles. The lowest BCUT2D eigenvalue weighted by Crippen LogP contribution is -2.40. The molecule has 0 aliphatic rings. The first-order valence-corrected chi connectivity index (χ1v) is 9.09. The third-order valence-corrected chi connectivity index (χ3v) is 4.69. The summed E-state index contributed by atoms with van der Waals surface area (Å²) in [4.78, 5) is 13.9. The molecule has 0 saturated carbocycles. The summed E-state index contributed by atoms with van der Waals surface area (Å²) in [5.41, 5.74) is 9.09. The van der Waals surface area contributed by atoms with E-state index in [0.29, 0.717) is 0 Å². The summed E-state index contributed by atoms with van der Waals surface area (Å²) in [5.74, 6) is 0.0162. The zero-order chi connectivity index (χ0) is 18.2. The predicted molar refractivity (Wildman–Crippen MR) is 102 cm³/mol. The zero-order valence-corrected chi connectivity index (χ0v) is 15.5. The number of carbonyl (C=O) groups is 1. The summed E-state index contributed by atoms with van der Waals surface area (Å²) in [6.45, 7) is 4.56. The Morgan fingerprint density at radius 1 is 1.20 bits per heavy atom. The molecule has 1 amide bonds. The van der Waals surface area contributed by atoms with E-state index in [9.17, 15) is 4.79 Å². The molecule has 1 heterocycles. The van der Waals surface area contributed by atoms with Crippen LogP contribution in [-0.2, 0) is 11.2 Å². The van der Waals surface area contributed by atoms with Crippen molar-refractivity contribution in [2.75, 3.05) is 13.6 Å². The van der Waals surface area contributed by atoms with Gasteiger partial charge >= 0.3 is 0 Å². The molecule has 2 aromatic rings. The maximum absolute atomic E-state index is 12.1. The molecule has 2 unspecified atom stereocenters. The van der Waals surface area contributed by atoms with Crippen molar-refractivity contribution in [1.29, 1.82) is 0 Å². The number of benzene rings is 1. The number of aromatic nitrogens is 2. The molecule has 136 valence electrons. The van der Waals surface area contributed by atoms with Crippen LogP contribution in [0.25, 0.3) is 11.3 Å². The standard InChI is InChI=1S/C20H30N4O/c1-15(16(2)21)20(25)24(3)13-9-5-8-12-18-14-19(23-22-18)17-10-6-4-7-11-17/h4,6-7,10-11,14-16H,5,8-9,12-13,21H2,1-3H3,(H,22,23). The Morgan fingerprint density at radius 3 is 2.60 bits per heavy atom. The average molecular weight is 342 g/mol. The van der Waals surface area contributed by atoms with Gasteiger partial charge in [-0.1, -0.05) is 43.7 Å². The second-order valence-corrected chi connectivity index (χ2v) is 6.86. The fraction of sp³-hybridized carbons (Fsp3) is 0.500. The maximum atomic E-state index is 12.1. The Kier molecular flexibility index (Phi) is 7.19. The third kappa shape index (κ3) is 5.71. The van der Waals surface area contributed by atoms with Gasteiger partial charge in [-0.2, -0.15) is 5.10 Å². The van der Waals surface area contributed by atoms with E-state index in [-0.39, 0.29) is 17.9 Å². The van der Waals surface area contributed by atoms with Crippen molar-refractivity contribution in [2.45, 2.75) is 45.6 Å². The summed E-state index contributed by atoms with van der Waals surface area (Å²) in [5, 5.41) is 7.50. The van der Waals surface area contributed by atoms with E-state index in [2.05, 4.69) is 28.4 Å². The van der Waals surface area contributed by atoms with Gasteiger partial charge in [0.2, 0.25) is 5.91 Å². The molecule has 0 aliphatic carbocycles. The normalized spacial score (nSPS) is 13.4. The average Bonchev–Trinajstić information content (AvgIpc) is 3.09. The number of rotatable bonds is 9. The van der Waals surface area contributed by atoms with Crippen LogP contribution < -0.4 is 5.73 Å². The lowest BCUT2D eigenvalue weighted by molar-refractivity contribution is -0.134. The van der Waals surface area contributed by atoms with Crippen LogP contribution >= 0.6 is 0 Å². The molecule has 0 bridgehead atoms. The highest BCUT2D eigenvalue weighted by Gasteiger charge is 2.20. The molecular formula is C20H30N4O. The first-order chi connectivity index (χ1) is 12.0. The van der Waals surface area contributed by atoms with Gasteiger partial charge in [0.15, 0.2) is 0 Å². The Balaban J connectivity index is 1.68. The number of aryl methyl sites for hydroxylation is 1. The van der Waals surface area contributed by atoms with Gasteiger partial charge in [0.25, 0.3) is 0 Å². The molecule has 2 rings (SSSR count). The summed E-state index contributed by atoms with van der Waals surface area (Å²) in [6, 6.07) is 12.2. The number of nitrogens with two attached hydrogens (primary N) is 1. The molecule has 0 radical (unpaired) electrons. The Labute approximate surface area is 150 Å². The van der Waals surface area contributed by atoms with E-state index in [0.717, 1.165) is 49.2 Å². The molecule has 5 heteroatoms. The summed E-state index contributed by atoms with van der Waals surface area (Å²) in [7, 11) is 1.86. The molecule has 0 fully saturated rings. The molecule has 25 heavy (non-hydrogen) atoms. The van der Waals surface area contributed by atoms with Gasteiger partial charge < -0.3 is 10.6 Å². The van der Waals surface area contributed by atoms with Crippen LogP contribution in [0.4, 0.5) is 0 Å². The summed E-state index contributed by atoms with van der Waals surface area (Å²) < 4.78 is 0. The maximum Gasteiger partial charge on any atom is 0.226 e. The van der Waals surface area contributed by atoms with Crippen LogP contribution in [0.2, 0.25) is 0 Å². The molecule has 5 nitrogen and oxygen atoms in total. The Bertz CT molecular complexity index is 651. The number of amides is 1. The zero-order valence-electron chi connectivity index (χ0n) is 15.5. The van der Waals surface area contributed by atoms with E-state index < -0.39 is 0 Å². The molecule has 1 aromatic carbocycles. The highest BCUT2D eigenvalue weighted by atomic mass is 16.2. The van der Waals surface area contributed by atoms with Gasteiger partial charge in [-0.15, -0.1) is 0 Å². The van der Waals surface area contributed by atoms with Crippen molar-refractivity contribution in [3.05, 3.63) is 42.1 Å². The van der Waals surface area contributed by atoms with Gasteiger partial charge in [-0.25, -0.2) is 0 Å². The summed E-state index contributed by atoms with van der Waals surface area (Å²) >= 11 is 0. The van der Waals surface area contributed by atoms with E-state index >= 15 is 0 Å². The van der Waals surface area contributed by atoms with Crippen molar-refractivity contribution < 1.29 is 4.79 Å². The topological polar surface area (TPSA) is 75.0 Å². The highest BCUT2D eigenvalue weighted by Crippen LogP contribution is 2.18. The van der Waals surface area contributed by atoms with Gasteiger partial charge in [0, 0.05) is 30.9 Å². The first kappa shape index (κ1) is 19.2. The van der Waals surface area contributed by atoms with Gasteiger partial charge in [0.1, 0.15) is 0 Å². The second kappa shape index (κ2) is 9.37. The van der Waals surface area contributed by atoms with Gasteiger partial charge in [-0.05, 0) is 32.3 Å². The van der Waals surface area contributed by atoms with Crippen LogP contribution in [0.3, 0.4) is 0 Å². The monoisotopic (exact) mass is 342 g/mol. The SMILES string of the molecule is CC(N)C(C)C(=O)N(C)CCCCCc1cc(-c2ccccc2)n[nH]1.